The van der Waals surface area contributed by atoms with Gasteiger partial charge in [0.2, 0.25) is 0 Å². The molecule has 0 aromatic carbocycles. The lowest BCUT2D eigenvalue weighted by molar-refractivity contribution is 0.322. The molecule has 1 fully saturated rings. The van der Waals surface area contributed by atoms with Gasteiger partial charge in [-0.15, -0.1) is 0 Å². The summed E-state index contributed by atoms with van der Waals surface area (Å²) in [5.74, 6) is 2.46. The van der Waals surface area contributed by atoms with Gasteiger partial charge in [0.15, 0.2) is 11.1 Å². The topological polar surface area (TPSA) is 37.3 Å². The van der Waals surface area contributed by atoms with Gasteiger partial charge in [-0.05, 0) is 18.3 Å². The molecule has 132 valence electrons. The van der Waals surface area contributed by atoms with Crippen LogP contribution in [-0.2, 0) is 11.1 Å². The summed E-state index contributed by atoms with van der Waals surface area (Å²) < 4.78 is 19.3. The maximum absolute atomic E-state index is 10.6. The summed E-state index contributed by atoms with van der Waals surface area (Å²) in [6.45, 7) is 2.28. The Balaban J connectivity index is 1.99. The molecule has 0 bridgehead atoms. The van der Waals surface area contributed by atoms with Gasteiger partial charge in [0.1, 0.15) is 0 Å². The highest BCUT2D eigenvalue weighted by molar-refractivity contribution is 7.79. The van der Waals surface area contributed by atoms with Gasteiger partial charge in [0.05, 0.1) is 0 Å². The smallest absolute Gasteiger partial charge is 0.152 e. The Morgan fingerprint density at radius 1 is 0.818 bits per heavy atom. The van der Waals surface area contributed by atoms with Crippen LogP contribution in [0.4, 0.5) is 0 Å². The summed E-state index contributed by atoms with van der Waals surface area (Å²) in [5.41, 5.74) is 0. The Kier molecular flexibility index (Phi) is 12.4. The fraction of sp³-hybridized carbons (Fsp3) is 1.00. The average Bonchev–Trinajstić information content (AvgIpc) is 2.93. The van der Waals surface area contributed by atoms with E-state index in [-0.39, 0.29) is 0 Å². The molecule has 1 aliphatic carbocycles. The van der Waals surface area contributed by atoms with E-state index in [0.717, 1.165) is 24.7 Å². The molecule has 0 spiro atoms. The van der Waals surface area contributed by atoms with E-state index in [9.17, 15) is 4.21 Å². The molecule has 1 aliphatic rings. The molecule has 0 amide bonds. The minimum atomic E-state index is -1.59. The van der Waals surface area contributed by atoms with E-state index in [1.165, 1.54) is 83.5 Å². The largest absolute Gasteiger partial charge is 0.306 e. The molecule has 0 saturated heterocycles. The van der Waals surface area contributed by atoms with Gasteiger partial charge >= 0.3 is 0 Å². The van der Waals surface area contributed by atoms with Crippen molar-refractivity contribution in [3.05, 3.63) is 0 Å². The van der Waals surface area contributed by atoms with E-state index in [1.54, 1.807) is 0 Å². The molecule has 3 heteroatoms. The highest BCUT2D eigenvalue weighted by atomic mass is 32.2. The van der Waals surface area contributed by atoms with E-state index in [0.29, 0.717) is 5.75 Å². The fourth-order valence-electron chi connectivity index (χ4n) is 4.05. The first kappa shape index (κ1) is 20.2. The maximum atomic E-state index is 10.6. The van der Waals surface area contributed by atoms with Crippen LogP contribution < -0.4 is 0 Å². The SMILES string of the molecule is CCCCCCCC[C@H]1CCC[C@@H]1CCCCCCS(=O)O. The van der Waals surface area contributed by atoms with E-state index in [4.69, 9.17) is 4.55 Å². The molecule has 3 atom stereocenters. The first-order valence-electron chi connectivity index (χ1n) is 9.81. The molecular weight excluding hydrogens is 292 g/mol. The monoisotopic (exact) mass is 330 g/mol. The molecule has 0 aromatic heterocycles. The van der Waals surface area contributed by atoms with Crippen molar-refractivity contribution >= 4 is 11.1 Å². The molecule has 2 nitrogen and oxygen atoms in total. The molecular formula is C19H38O2S. The van der Waals surface area contributed by atoms with E-state index < -0.39 is 11.1 Å². The van der Waals surface area contributed by atoms with Crippen molar-refractivity contribution in [3.63, 3.8) is 0 Å². The van der Waals surface area contributed by atoms with Crippen LogP contribution in [0.1, 0.15) is 103 Å². The molecule has 1 N–H and O–H groups in total. The third-order valence-corrected chi connectivity index (χ3v) is 6.03. The van der Waals surface area contributed by atoms with Crippen molar-refractivity contribution < 1.29 is 8.76 Å². The van der Waals surface area contributed by atoms with Gasteiger partial charge in [0, 0.05) is 5.75 Å². The molecule has 1 saturated carbocycles. The van der Waals surface area contributed by atoms with Crippen molar-refractivity contribution in [1.82, 2.24) is 0 Å². The standard InChI is InChI=1S/C19H38O2S/c1-2-3-4-5-6-9-13-18-15-12-16-19(18)14-10-7-8-11-17-22(20)21/h18-19H,2-17H2,1H3,(H,20,21)/t18-,19-/m0/s1. The zero-order valence-corrected chi connectivity index (χ0v) is 15.5. The summed E-state index contributed by atoms with van der Waals surface area (Å²) in [6, 6.07) is 0. The Labute approximate surface area is 141 Å². The van der Waals surface area contributed by atoms with E-state index in [1.807, 2.05) is 0 Å². The second-order valence-corrected chi connectivity index (χ2v) is 8.29. The van der Waals surface area contributed by atoms with Gasteiger partial charge in [0.25, 0.3) is 0 Å². The molecule has 0 aromatic rings. The quantitative estimate of drug-likeness (QED) is 0.298. The van der Waals surface area contributed by atoms with Crippen molar-refractivity contribution in [2.45, 2.75) is 103 Å². The zero-order chi connectivity index (χ0) is 16.0. The van der Waals surface area contributed by atoms with Crippen molar-refractivity contribution in [1.29, 1.82) is 0 Å². The first-order chi connectivity index (χ1) is 10.7. The number of rotatable bonds is 14. The normalized spacial score (nSPS) is 23.0. The summed E-state index contributed by atoms with van der Waals surface area (Å²) >= 11 is -1.59. The van der Waals surface area contributed by atoms with Gasteiger partial charge in [-0.3, -0.25) is 0 Å². The predicted molar refractivity (Wildman–Crippen MR) is 97.5 cm³/mol. The Hall–Kier alpha value is 0.110. The maximum Gasteiger partial charge on any atom is 0.152 e. The third kappa shape index (κ3) is 9.99. The molecule has 0 radical (unpaired) electrons. The van der Waals surface area contributed by atoms with Gasteiger partial charge in [-0.25, -0.2) is 4.21 Å². The van der Waals surface area contributed by atoms with Crippen LogP contribution in [0.25, 0.3) is 0 Å². The highest BCUT2D eigenvalue weighted by Crippen LogP contribution is 2.38. The molecule has 1 unspecified atom stereocenters. The second-order valence-electron chi connectivity index (χ2n) is 7.24. The Bertz CT molecular complexity index is 281. The van der Waals surface area contributed by atoms with Gasteiger partial charge in [-0.1, -0.05) is 96.8 Å². The van der Waals surface area contributed by atoms with Gasteiger partial charge < -0.3 is 4.55 Å². The number of hydrogen-bond donors (Lipinski definition) is 1. The summed E-state index contributed by atoms with van der Waals surface area (Å²) in [4.78, 5) is 0. The van der Waals surface area contributed by atoms with Crippen LogP contribution in [0.15, 0.2) is 0 Å². The Morgan fingerprint density at radius 3 is 1.86 bits per heavy atom. The van der Waals surface area contributed by atoms with Crippen molar-refractivity contribution in [2.75, 3.05) is 5.75 Å². The van der Waals surface area contributed by atoms with E-state index in [2.05, 4.69) is 6.92 Å². The van der Waals surface area contributed by atoms with Crippen LogP contribution in [0, 0.1) is 11.8 Å². The fourth-order valence-corrected chi connectivity index (χ4v) is 4.50. The lowest BCUT2D eigenvalue weighted by atomic mass is 9.87. The summed E-state index contributed by atoms with van der Waals surface area (Å²) in [6.07, 6.45) is 20.4. The average molecular weight is 331 g/mol. The van der Waals surface area contributed by atoms with Crippen LogP contribution in [0.5, 0.6) is 0 Å². The Morgan fingerprint density at radius 2 is 1.32 bits per heavy atom. The highest BCUT2D eigenvalue weighted by Gasteiger charge is 2.25. The van der Waals surface area contributed by atoms with Crippen LogP contribution >= 0.6 is 0 Å². The number of hydrogen-bond acceptors (Lipinski definition) is 1. The summed E-state index contributed by atoms with van der Waals surface area (Å²) in [5, 5.41) is 0. The predicted octanol–water partition coefficient (Wildman–Crippen LogP) is 6.33. The van der Waals surface area contributed by atoms with E-state index >= 15 is 0 Å². The lowest BCUT2D eigenvalue weighted by Crippen LogP contribution is -2.08. The molecule has 0 heterocycles. The minimum absolute atomic E-state index is 0.462. The lowest BCUT2D eigenvalue weighted by Gasteiger charge is -2.19. The third-order valence-electron chi connectivity index (χ3n) is 5.39. The van der Waals surface area contributed by atoms with Crippen molar-refractivity contribution in [2.24, 2.45) is 11.8 Å². The van der Waals surface area contributed by atoms with Crippen LogP contribution in [0.3, 0.4) is 0 Å². The zero-order valence-electron chi connectivity index (χ0n) is 14.7. The van der Waals surface area contributed by atoms with Gasteiger partial charge in [-0.2, -0.15) is 0 Å². The summed E-state index contributed by atoms with van der Waals surface area (Å²) in [7, 11) is 0. The first-order valence-corrected chi connectivity index (χ1v) is 11.1. The van der Waals surface area contributed by atoms with Crippen LogP contribution in [0.2, 0.25) is 0 Å². The van der Waals surface area contributed by atoms with Crippen LogP contribution in [-0.4, -0.2) is 14.5 Å². The van der Waals surface area contributed by atoms with Crippen molar-refractivity contribution in [3.8, 4) is 0 Å². The second kappa shape index (κ2) is 13.5. The minimum Gasteiger partial charge on any atom is -0.306 e. The molecule has 0 aliphatic heterocycles. The number of unbranched alkanes of at least 4 members (excludes halogenated alkanes) is 8. The molecule has 22 heavy (non-hydrogen) atoms. The molecule has 1 rings (SSSR count).